The summed E-state index contributed by atoms with van der Waals surface area (Å²) in [4.78, 5) is 27.2. The number of ether oxygens (including phenoxy) is 1. The lowest BCUT2D eigenvalue weighted by Gasteiger charge is -2.40. The maximum atomic E-state index is 15.2. The Kier molecular flexibility index (Phi) is 7.97. The van der Waals surface area contributed by atoms with Gasteiger partial charge in [-0.3, -0.25) is 14.6 Å². The minimum atomic E-state index is -3.24. The summed E-state index contributed by atoms with van der Waals surface area (Å²) in [6.45, 7) is 2.33. The van der Waals surface area contributed by atoms with Crippen LogP contribution in [-0.2, 0) is 11.2 Å². The molecule has 8 nitrogen and oxygen atoms in total. The molecule has 4 atom stereocenters. The van der Waals surface area contributed by atoms with Crippen LogP contribution in [0.2, 0.25) is 0 Å². The number of amides is 2. The first-order valence-electron chi connectivity index (χ1n) is 13.6. The summed E-state index contributed by atoms with van der Waals surface area (Å²) in [7, 11) is 0. The molecule has 2 amide bonds. The van der Waals surface area contributed by atoms with Crippen LogP contribution in [0.1, 0.15) is 46.4 Å². The average molecular weight is 566 g/mol. The van der Waals surface area contributed by atoms with Gasteiger partial charge in [0, 0.05) is 23.1 Å². The van der Waals surface area contributed by atoms with Crippen molar-refractivity contribution in [3.8, 4) is 11.5 Å². The Morgan fingerprint density at radius 1 is 1.07 bits per heavy atom. The number of aliphatic hydroxyl groups is 1. The summed E-state index contributed by atoms with van der Waals surface area (Å²) in [5.74, 6) is -4.29. The van der Waals surface area contributed by atoms with E-state index in [1.807, 2.05) is 6.07 Å². The third-order valence-electron chi connectivity index (χ3n) is 7.95. The molecule has 216 valence electrons. The standard InChI is InChI=1S/C31H33F2N3O5/c1-19-22(12-8-13-26(19)37)29(39)34-24(17-21-9-4-3-5-10-21)28(38)30(40)35-18-31(32,33)20(2)36(35)25-15-16-41-27-14-7-6-11-23(25)27/h3-14,20,24-25,28,37-38H,15-18H2,1-2H3,(H,34,39). The lowest BCUT2D eigenvalue weighted by atomic mass is 9.98. The summed E-state index contributed by atoms with van der Waals surface area (Å²) in [6.07, 6.45) is -1.40. The highest BCUT2D eigenvalue weighted by Crippen LogP contribution is 2.44. The van der Waals surface area contributed by atoms with Crippen LogP contribution in [0.5, 0.6) is 11.5 Å². The zero-order valence-corrected chi connectivity index (χ0v) is 22.8. The second kappa shape index (κ2) is 11.5. The number of halogens is 2. The SMILES string of the molecule is Cc1c(O)cccc1C(=O)NC(Cc1ccccc1)C(O)C(=O)N1CC(F)(F)C(C)N1C1CCOc2ccccc21. The largest absolute Gasteiger partial charge is 0.508 e. The minimum absolute atomic E-state index is 0.0667. The number of benzene rings is 3. The lowest BCUT2D eigenvalue weighted by Crippen LogP contribution is -2.56. The van der Waals surface area contributed by atoms with Crippen molar-refractivity contribution in [3.05, 3.63) is 95.1 Å². The fourth-order valence-corrected chi connectivity index (χ4v) is 5.59. The average Bonchev–Trinajstić information content (AvgIpc) is 3.21. The van der Waals surface area contributed by atoms with Gasteiger partial charge in [-0.2, -0.15) is 0 Å². The van der Waals surface area contributed by atoms with E-state index < -0.39 is 48.5 Å². The van der Waals surface area contributed by atoms with E-state index in [1.165, 1.54) is 30.1 Å². The minimum Gasteiger partial charge on any atom is -0.508 e. The van der Waals surface area contributed by atoms with E-state index >= 15 is 8.78 Å². The van der Waals surface area contributed by atoms with Crippen LogP contribution >= 0.6 is 0 Å². The van der Waals surface area contributed by atoms with Crippen molar-refractivity contribution in [2.45, 2.75) is 56.8 Å². The molecule has 3 aromatic carbocycles. The summed E-state index contributed by atoms with van der Waals surface area (Å²) < 4.78 is 36.1. The van der Waals surface area contributed by atoms with Gasteiger partial charge in [0.2, 0.25) is 0 Å². The van der Waals surface area contributed by atoms with Gasteiger partial charge in [-0.15, -0.1) is 0 Å². The number of hydrogen-bond acceptors (Lipinski definition) is 6. The number of phenols is 1. The van der Waals surface area contributed by atoms with E-state index in [0.717, 1.165) is 10.6 Å². The van der Waals surface area contributed by atoms with Crippen LogP contribution in [0.25, 0.3) is 0 Å². The molecule has 2 aliphatic heterocycles. The molecule has 4 unspecified atom stereocenters. The molecule has 0 bridgehead atoms. The normalized spacial score (nSPS) is 21.4. The highest BCUT2D eigenvalue weighted by atomic mass is 19.3. The number of aliphatic hydroxyl groups excluding tert-OH is 1. The Bertz CT molecular complexity index is 1420. The van der Waals surface area contributed by atoms with Crippen molar-refractivity contribution in [2.75, 3.05) is 13.2 Å². The maximum absolute atomic E-state index is 15.2. The van der Waals surface area contributed by atoms with E-state index in [9.17, 15) is 19.8 Å². The number of fused-ring (bicyclic) bond motifs is 1. The molecule has 10 heteroatoms. The van der Waals surface area contributed by atoms with Gasteiger partial charge in [-0.1, -0.05) is 54.6 Å². The molecule has 1 fully saturated rings. The van der Waals surface area contributed by atoms with Crippen molar-refractivity contribution in [2.24, 2.45) is 0 Å². The number of nitrogens with one attached hydrogen (secondary N) is 1. The van der Waals surface area contributed by atoms with Crippen molar-refractivity contribution >= 4 is 11.8 Å². The van der Waals surface area contributed by atoms with Crippen LogP contribution < -0.4 is 10.1 Å². The molecule has 0 radical (unpaired) electrons. The molecule has 2 aliphatic rings. The van der Waals surface area contributed by atoms with E-state index in [2.05, 4.69) is 5.32 Å². The molecule has 3 aromatic rings. The third-order valence-corrected chi connectivity index (χ3v) is 7.95. The number of para-hydroxylation sites is 1. The number of hydrazine groups is 1. The van der Waals surface area contributed by atoms with E-state index in [-0.39, 0.29) is 24.3 Å². The predicted molar refractivity (Wildman–Crippen MR) is 148 cm³/mol. The van der Waals surface area contributed by atoms with Crippen molar-refractivity contribution in [1.29, 1.82) is 0 Å². The Morgan fingerprint density at radius 2 is 1.78 bits per heavy atom. The van der Waals surface area contributed by atoms with E-state index in [1.54, 1.807) is 55.5 Å². The highest BCUT2D eigenvalue weighted by Gasteiger charge is 2.56. The Balaban J connectivity index is 1.46. The van der Waals surface area contributed by atoms with Gasteiger partial charge in [-0.25, -0.2) is 13.8 Å². The number of rotatable bonds is 7. The number of hydrogen-bond donors (Lipinski definition) is 3. The number of alkyl halides is 2. The quantitative estimate of drug-likeness (QED) is 0.400. The molecule has 1 saturated heterocycles. The topological polar surface area (TPSA) is 102 Å². The zero-order chi connectivity index (χ0) is 29.3. The number of carbonyl (C=O) groups is 2. The van der Waals surface area contributed by atoms with Gasteiger partial charge < -0.3 is 20.3 Å². The van der Waals surface area contributed by atoms with Gasteiger partial charge >= 0.3 is 0 Å². The van der Waals surface area contributed by atoms with Crippen LogP contribution in [0.4, 0.5) is 8.78 Å². The number of carbonyl (C=O) groups excluding carboxylic acids is 2. The monoisotopic (exact) mass is 565 g/mol. The van der Waals surface area contributed by atoms with Crippen molar-refractivity contribution < 1.29 is 33.3 Å². The first kappa shape index (κ1) is 28.5. The fourth-order valence-electron chi connectivity index (χ4n) is 5.59. The Morgan fingerprint density at radius 3 is 2.54 bits per heavy atom. The molecule has 0 aliphatic carbocycles. The maximum Gasteiger partial charge on any atom is 0.283 e. The molecular weight excluding hydrogens is 532 g/mol. The predicted octanol–water partition coefficient (Wildman–Crippen LogP) is 4.01. The summed E-state index contributed by atoms with van der Waals surface area (Å²) in [5.41, 5.74) is 1.92. The molecular formula is C31H33F2N3O5. The van der Waals surface area contributed by atoms with Crippen LogP contribution in [0.3, 0.4) is 0 Å². The van der Waals surface area contributed by atoms with E-state index in [4.69, 9.17) is 4.74 Å². The Labute approximate surface area is 237 Å². The molecule has 0 saturated carbocycles. The smallest absolute Gasteiger partial charge is 0.283 e. The van der Waals surface area contributed by atoms with Crippen molar-refractivity contribution in [3.63, 3.8) is 0 Å². The summed E-state index contributed by atoms with van der Waals surface area (Å²) in [6, 6.07) is 17.5. The number of phenolic OH excluding ortho intramolecular Hbond substituents is 1. The van der Waals surface area contributed by atoms with Gasteiger partial charge in [0.1, 0.15) is 18.0 Å². The lowest BCUT2D eigenvalue weighted by molar-refractivity contribution is -0.162. The first-order valence-corrected chi connectivity index (χ1v) is 13.6. The van der Waals surface area contributed by atoms with Gasteiger partial charge in [0.25, 0.3) is 17.7 Å². The van der Waals surface area contributed by atoms with Gasteiger partial charge in [-0.05, 0) is 44.0 Å². The molecule has 0 aromatic heterocycles. The molecule has 2 heterocycles. The van der Waals surface area contributed by atoms with Crippen LogP contribution in [-0.4, -0.2) is 69.3 Å². The molecule has 3 N–H and O–H groups in total. The number of nitrogens with zero attached hydrogens (tertiary/aromatic N) is 2. The second-order valence-corrected chi connectivity index (χ2v) is 10.6. The van der Waals surface area contributed by atoms with Gasteiger partial charge in [0.05, 0.1) is 24.7 Å². The summed E-state index contributed by atoms with van der Waals surface area (Å²) >= 11 is 0. The molecule has 41 heavy (non-hydrogen) atoms. The van der Waals surface area contributed by atoms with Crippen molar-refractivity contribution in [1.82, 2.24) is 15.3 Å². The first-order chi connectivity index (χ1) is 19.6. The van der Waals surface area contributed by atoms with E-state index in [0.29, 0.717) is 23.3 Å². The molecule has 5 rings (SSSR count). The second-order valence-electron chi connectivity index (χ2n) is 10.6. The van der Waals surface area contributed by atoms with Gasteiger partial charge in [0.15, 0.2) is 6.10 Å². The fraction of sp³-hybridized carbons (Fsp3) is 0.355. The Hall–Kier alpha value is -4.02. The number of aromatic hydroxyl groups is 1. The summed E-state index contributed by atoms with van der Waals surface area (Å²) in [5, 5.41) is 26.5. The zero-order valence-electron chi connectivity index (χ0n) is 22.8. The van der Waals surface area contributed by atoms with Crippen LogP contribution in [0, 0.1) is 6.92 Å². The molecule has 0 spiro atoms. The van der Waals surface area contributed by atoms with Crippen LogP contribution in [0.15, 0.2) is 72.8 Å². The third kappa shape index (κ3) is 5.62. The highest BCUT2D eigenvalue weighted by molar-refractivity contribution is 5.97.